The Balaban J connectivity index is 3.45. The molecule has 0 heterocycles. The molecule has 2 heteroatoms. The quantitative estimate of drug-likeness (QED) is 0.639. The molecule has 12 heavy (non-hydrogen) atoms. The van der Waals surface area contributed by atoms with Gasteiger partial charge in [0.1, 0.15) is 0 Å². The fourth-order valence-corrected chi connectivity index (χ4v) is 1.25. The van der Waals surface area contributed by atoms with Gasteiger partial charge in [-0.1, -0.05) is 39.5 Å². The molecule has 1 atom stereocenters. The van der Waals surface area contributed by atoms with Crippen LogP contribution in [0.1, 0.15) is 46.0 Å². The summed E-state index contributed by atoms with van der Waals surface area (Å²) in [6.07, 6.45) is 6.77. The fraction of sp³-hybridized carbons (Fsp3) is 0.800. The van der Waals surface area contributed by atoms with E-state index in [1.54, 1.807) is 0 Å². The van der Waals surface area contributed by atoms with Crippen LogP contribution in [0.3, 0.4) is 0 Å². The fourth-order valence-electron chi connectivity index (χ4n) is 1.25. The third-order valence-corrected chi connectivity index (χ3v) is 2.17. The number of carboxylic acids is 1. The monoisotopic (exact) mass is 171 g/mol. The van der Waals surface area contributed by atoms with Crippen LogP contribution in [-0.4, -0.2) is 11.1 Å². The molecule has 0 aromatic heterocycles. The molecule has 0 aliphatic carbocycles. The smallest absolute Gasteiger partial charge is 0.307 e. The van der Waals surface area contributed by atoms with Gasteiger partial charge in [-0.3, -0.25) is 4.79 Å². The molecule has 0 fully saturated rings. The van der Waals surface area contributed by atoms with Gasteiger partial charge in [0.2, 0.25) is 0 Å². The summed E-state index contributed by atoms with van der Waals surface area (Å²) in [7, 11) is 0. The number of carbonyl (C=O) groups is 1. The maximum atomic E-state index is 10.2. The van der Waals surface area contributed by atoms with E-state index in [-0.39, 0.29) is 0 Å². The van der Waals surface area contributed by atoms with Crippen molar-refractivity contribution in [2.75, 3.05) is 0 Å². The van der Waals surface area contributed by atoms with E-state index in [1.165, 1.54) is 19.3 Å². The van der Waals surface area contributed by atoms with Gasteiger partial charge in [-0.15, -0.1) is 0 Å². The minimum Gasteiger partial charge on any atom is -0.481 e. The number of hydrogen-bond donors (Lipinski definition) is 1. The Labute approximate surface area is 75.0 Å². The second-order valence-corrected chi connectivity index (χ2v) is 3.19. The Morgan fingerprint density at radius 3 is 2.58 bits per heavy atom. The van der Waals surface area contributed by atoms with E-state index in [9.17, 15) is 4.79 Å². The van der Waals surface area contributed by atoms with Crippen molar-refractivity contribution >= 4 is 5.97 Å². The highest BCUT2D eigenvalue weighted by atomic mass is 16.4. The summed E-state index contributed by atoms with van der Waals surface area (Å²) in [4.78, 5) is 10.2. The molecule has 2 nitrogen and oxygen atoms in total. The van der Waals surface area contributed by atoms with Crippen molar-refractivity contribution < 1.29 is 9.90 Å². The van der Waals surface area contributed by atoms with Gasteiger partial charge in [-0.25, -0.2) is 0 Å². The number of aliphatic carboxylic acids is 1. The van der Waals surface area contributed by atoms with Crippen LogP contribution in [0.5, 0.6) is 0 Å². The van der Waals surface area contributed by atoms with Crippen LogP contribution < -0.4 is 0 Å². The predicted molar refractivity (Wildman–Crippen MR) is 49.9 cm³/mol. The molecule has 1 unspecified atom stereocenters. The molecular weight excluding hydrogens is 152 g/mol. The van der Waals surface area contributed by atoms with E-state index in [4.69, 9.17) is 5.11 Å². The predicted octanol–water partition coefficient (Wildman–Crippen LogP) is 2.88. The van der Waals surface area contributed by atoms with Crippen molar-refractivity contribution in [3.63, 3.8) is 0 Å². The summed E-state index contributed by atoms with van der Waals surface area (Å²) in [5.41, 5.74) is 0. The average molecular weight is 171 g/mol. The van der Waals surface area contributed by atoms with Crippen LogP contribution >= 0.6 is 0 Å². The standard InChI is InChI=1S/C10H19O2/c1-3-5-6-9(4-2)7-8-10(11)12/h8-9H,3-7H2,1-2H3,(H,11,12). The van der Waals surface area contributed by atoms with Gasteiger partial charge in [0.15, 0.2) is 0 Å². The molecule has 0 bridgehead atoms. The van der Waals surface area contributed by atoms with Crippen molar-refractivity contribution in [3.05, 3.63) is 6.42 Å². The molecule has 0 spiro atoms. The molecule has 1 radical (unpaired) electrons. The third-order valence-electron chi connectivity index (χ3n) is 2.17. The lowest BCUT2D eigenvalue weighted by molar-refractivity contribution is -0.133. The lowest BCUT2D eigenvalue weighted by atomic mass is 9.94. The molecule has 0 saturated heterocycles. The largest absolute Gasteiger partial charge is 0.481 e. The molecule has 0 aliphatic heterocycles. The molecule has 0 rings (SSSR count). The van der Waals surface area contributed by atoms with Crippen molar-refractivity contribution in [1.82, 2.24) is 0 Å². The first-order valence-corrected chi connectivity index (χ1v) is 4.76. The van der Waals surface area contributed by atoms with E-state index in [1.807, 2.05) is 0 Å². The maximum absolute atomic E-state index is 10.2. The van der Waals surface area contributed by atoms with Crippen LogP contribution in [0.15, 0.2) is 0 Å². The van der Waals surface area contributed by atoms with Crippen LogP contribution in [0.25, 0.3) is 0 Å². The van der Waals surface area contributed by atoms with Crippen LogP contribution in [0.2, 0.25) is 0 Å². The summed E-state index contributed by atoms with van der Waals surface area (Å²) < 4.78 is 0. The third kappa shape index (κ3) is 6.20. The lowest BCUT2D eigenvalue weighted by Gasteiger charge is -2.11. The van der Waals surface area contributed by atoms with Gasteiger partial charge >= 0.3 is 5.97 Å². The minimum absolute atomic E-state index is 0.570. The van der Waals surface area contributed by atoms with Gasteiger partial charge in [-0.05, 0) is 12.3 Å². The molecule has 0 aliphatic rings. The summed E-state index contributed by atoms with van der Waals surface area (Å²) in [6, 6.07) is 0. The van der Waals surface area contributed by atoms with Crippen LogP contribution in [-0.2, 0) is 4.79 Å². The number of hydrogen-bond acceptors (Lipinski definition) is 1. The van der Waals surface area contributed by atoms with Crippen LogP contribution in [0.4, 0.5) is 0 Å². The van der Waals surface area contributed by atoms with E-state index in [0.717, 1.165) is 19.3 Å². The van der Waals surface area contributed by atoms with E-state index in [0.29, 0.717) is 5.92 Å². The zero-order valence-corrected chi connectivity index (χ0v) is 8.05. The molecule has 1 N–H and O–H groups in total. The zero-order chi connectivity index (χ0) is 9.40. The average Bonchev–Trinajstić information content (AvgIpc) is 2.05. The number of rotatable bonds is 7. The Morgan fingerprint density at radius 2 is 2.17 bits per heavy atom. The highest BCUT2D eigenvalue weighted by molar-refractivity contribution is 5.76. The molecule has 0 amide bonds. The Morgan fingerprint density at radius 1 is 1.50 bits per heavy atom. The van der Waals surface area contributed by atoms with Gasteiger partial charge in [0.05, 0.1) is 6.42 Å². The van der Waals surface area contributed by atoms with Crippen molar-refractivity contribution in [2.45, 2.75) is 46.0 Å². The maximum Gasteiger partial charge on any atom is 0.307 e. The Kier molecular flexibility index (Phi) is 6.82. The van der Waals surface area contributed by atoms with Crippen molar-refractivity contribution in [2.24, 2.45) is 5.92 Å². The second-order valence-electron chi connectivity index (χ2n) is 3.19. The number of carboxylic acid groups (broad SMARTS) is 1. The Hall–Kier alpha value is -0.530. The van der Waals surface area contributed by atoms with Gasteiger partial charge in [-0.2, -0.15) is 0 Å². The topological polar surface area (TPSA) is 37.3 Å². The highest BCUT2D eigenvalue weighted by Gasteiger charge is 2.07. The second kappa shape index (κ2) is 7.14. The number of unbranched alkanes of at least 4 members (excludes halogenated alkanes) is 1. The molecule has 0 saturated carbocycles. The minimum atomic E-state index is -0.787. The van der Waals surface area contributed by atoms with Gasteiger partial charge in [0, 0.05) is 0 Å². The highest BCUT2D eigenvalue weighted by Crippen LogP contribution is 2.17. The summed E-state index contributed by atoms with van der Waals surface area (Å²) >= 11 is 0. The van der Waals surface area contributed by atoms with E-state index >= 15 is 0 Å². The molecule has 0 aromatic rings. The Bertz CT molecular complexity index is 121. The van der Waals surface area contributed by atoms with Crippen molar-refractivity contribution in [3.8, 4) is 0 Å². The zero-order valence-electron chi connectivity index (χ0n) is 8.05. The first kappa shape index (κ1) is 11.5. The first-order chi connectivity index (χ1) is 5.70. The van der Waals surface area contributed by atoms with E-state index < -0.39 is 5.97 Å². The summed E-state index contributed by atoms with van der Waals surface area (Å²) in [6.45, 7) is 4.28. The normalized spacial score (nSPS) is 12.8. The van der Waals surface area contributed by atoms with Crippen LogP contribution in [0, 0.1) is 12.3 Å². The summed E-state index contributed by atoms with van der Waals surface area (Å²) in [5.74, 6) is -0.217. The lowest BCUT2D eigenvalue weighted by Crippen LogP contribution is -2.04. The van der Waals surface area contributed by atoms with Crippen molar-refractivity contribution in [1.29, 1.82) is 0 Å². The van der Waals surface area contributed by atoms with E-state index in [2.05, 4.69) is 13.8 Å². The molecule has 71 valence electrons. The summed E-state index contributed by atoms with van der Waals surface area (Å²) in [5, 5.41) is 8.43. The SMILES string of the molecule is CCCCC(CC)C[CH]C(=O)O. The first-order valence-electron chi connectivity index (χ1n) is 4.76. The molecular formula is C10H19O2. The molecule has 0 aromatic carbocycles. The van der Waals surface area contributed by atoms with Gasteiger partial charge < -0.3 is 5.11 Å². The van der Waals surface area contributed by atoms with Gasteiger partial charge in [0.25, 0.3) is 0 Å².